The lowest BCUT2D eigenvalue weighted by Gasteiger charge is -2.49. The molecule has 6 rings (SSSR count). The summed E-state index contributed by atoms with van der Waals surface area (Å²) in [6.45, 7) is 6.48. The van der Waals surface area contributed by atoms with Crippen LogP contribution in [0.5, 0.6) is 11.5 Å². The first-order valence-electron chi connectivity index (χ1n) is 18.0. The van der Waals surface area contributed by atoms with Crippen LogP contribution < -0.4 is 20.9 Å². The molecule has 0 aliphatic heterocycles. The van der Waals surface area contributed by atoms with Crippen LogP contribution in [-0.4, -0.2) is 24.0 Å². The van der Waals surface area contributed by atoms with Gasteiger partial charge in [0.15, 0.2) is 0 Å². The summed E-state index contributed by atoms with van der Waals surface area (Å²) >= 11 is 0. The highest BCUT2D eigenvalue weighted by Gasteiger charge is 2.47. The molecule has 47 heavy (non-hydrogen) atoms. The van der Waals surface area contributed by atoms with Gasteiger partial charge in [-0.3, -0.25) is 9.59 Å². The summed E-state index contributed by atoms with van der Waals surface area (Å²) in [5, 5.41) is 0. The molecular weight excluding hydrogens is 598 g/mol. The fraction of sp³-hybridized carbons (Fsp3) is 0.641. The highest BCUT2D eigenvalue weighted by molar-refractivity contribution is 5.74. The Morgan fingerprint density at radius 1 is 0.745 bits per heavy atom. The predicted octanol–water partition coefficient (Wildman–Crippen LogP) is 7.73. The minimum Gasteiger partial charge on any atom is -0.426 e. The first-order valence-corrected chi connectivity index (χ1v) is 18.0. The SMILES string of the molecule is C[C@@H]1CCCC[C@]2(C)c3cc(OC(=O)CCCCC(=O)Oc4cc(F)c5c(c4)[C@@]4(C)CCCCC[C@@H](C5)[C@@H]4N)cc(F)c3C[C@H]1[C@@H]2N. The molecule has 0 saturated heterocycles. The van der Waals surface area contributed by atoms with Crippen molar-refractivity contribution in [1.29, 1.82) is 0 Å². The van der Waals surface area contributed by atoms with E-state index >= 15 is 8.78 Å². The molecule has 2 saturated carbocycles. The van der Waals surface area contributed by atoms with Crippen LogP contribution in [0, 0.1) is 29.4 Å². The third-order valence-electron chi connectivity index (χ3n) is 12.5. The Kier molecular flexibility index (Phi) is 9.84. The van der Waals surface area contributed by atoms with Crippen molar-refractivity contribution >= 4 is 11.9 Å². The topological polar surface area (TPSA) is 105 Å². The molecule has 0 amide bonds. The number of ether oxygens (including phenoxy) is 2. The number of rotatable bonds is 7. The molecule has 2 aromatic carbocycles. The van der Waals surface area contributed by atoms with Crippen molar-refractivity contribution < 1.29 is 27.8 Å². The maximum absolute atomic E-state index is 15.5. The van der Waals surface area contributed by atoms with Crippen LogP contribution in [0.2, 0.25) is 0 Å². The second kappa shape index (κ2) is 13.6. The van der Waals surface area contributed by atoms with Crippen molar-refractivity contribution in [3.8, 4) is 11.5 Å². The van der Waals surface area contributed by atoms with E-state index in [0.717, 1.165) is 68.9 Å². The zero-order valence-electron chi connectivity index (χ0n) is 28.3. The number of halogens is 2. The van der Waals surface area contributed by atoms with Gasteiger partial charge in [-0.05, 0) is 97.1 Å². The summed E-state index contributed by atoms with van der Waals surface area (Å²) in [6.07, 6.45) is 11.5. The lowest BCUT2D eigenvalue weighted by molar-refractivity contribution is -0.136. The average Bonchev–Trinajstić information content (AvgIpc) is 3.02. The maximum Gasteiger partial charge on any atom is 0.311 e. The van der Waals surface area contributed by atoms with Gasteiger partial charge in [0.25, 0.3) is 0 Å². The van der Waals surface area contributed by atoms with E-state index in [4.69, 9.17) is 20.9 Å². The van der Waals surface area contributed by atoms with Crippen molar-refractivity contribution in [3.63, 3.8) is 0 Å². The molecule has 0 spiro atoms. The summed E-state index contributed by atoms with van der Waals surface area (Å²) in [6, 6.07) is 6.13. The molecule has 8 heteroatoms. The second-order valence-corrected chi connectivity index (χ2v) is 15.6. The summed E-state index contributed by atoms with van der Waals surface area (Å²) in [5.41, 5.74) is 16.0. The first kappa shape index (κ1) is 34.0. The van der Waals surface area contributed by atoms with E-state index in [-0.39, 0.29) is 70.7 Å². The molecule has 4 aliphatic carbocycles. The Balaban J connectivity index is 1.04. The van der Waals surface area contributed by atoms with Crippen molar-refractivity contribution in [2.24, 2.45) is 29.2 Å². The number of hydrogen-bond acceptors (Lipinski definition) is 6. The van der Waals surface area contributed by atoms with Crippen LogP contribution in [0.1, 0.15) is 126 Å². The molecule has 4 aliphatic rings. The smallest absolute Gasteiger partial charge is 0.311 e. The molecule has 4 N–H and O–H groups in total. The van der Waals surface area contributed by atoms with Crippen LogP contribution in [0.25, 0.3) is 0 Å². The van der Waals surface area contributed by atoms with Gasteiger partial charge in [0, 0.05) is 47.9 Å². The Labute approximate surface area is 278 Å². The van der Waals surface area contributed by atoms with E-state index in [1.165, 1.54) is 12.1 Å². The Hall–Kier alpha value is -2.84. The number of benzene rings is 2. The van der Waals surface area contributed by atoms with Gasteiger partial charge in [0.05, 0.1) is 0 Å². The fourth-order valence-electron chi connectivity index (χ4n) is 9.47. The first-order chi connectivity index (χ1) is 22.4. The molecule has 6 nitrogen and oxygen atoms in total. The average molecular weight is 651 g/mol. The molecule has 2 fully saturated rings. The molecule has 256 valence electrons. The van der Waals surface area contributed by atoms with E-state index in [1.807, 2.05) is 12.1 Å². The number of nitrogens with two attached hydrogens (primary N) is 2. The van der Waals surface area contributed by atoms with Crippen LogP contribution in [0.15, 0.2) is 24.3 Å². The quantitative estimate of drug-likeness (QED) is 0.181. The molecular formula is C39H52F2N2O4. The lowest BCUT2D eigenvalue weighted by atomic mass is 9.58. The van der Waals surface area contributed by atoms with Gasteiger partial charge in [-0.15, -0.1) is 0 Å². The molecule has 4 bridgehead atoms. The minimum atomic E-state index is -0.481. The normalized spacial score (nSPS) is 31.7. The van der Waals surface area contributed by atoms with Crippen molar-refractivity contribution in [3.05, 3.63) is 58.2 Å². The highest BCUT2D eigenvalue weighted by Crippen LogP contribution is 2.49. The van der Waals surface area contributed by atoms with Crippen LogP contribution in [-0.2, 0) is 33.3 Å². The van der Waals surface area contributed by atoms with Gasteiger partial charge >= 0.3 is 11.9 Å². The number of esters is 2. The Bertz CT molecular complexity index is 1510. The number of hydrogen-bond donors (Lipinski definition) is 2. The zero-order valence-corrected chi connectivity index (χ0v) is 28.3. The number of carbonyl (C=O) groups excluding carboxylic acids is 2. The summed E-state index contributed by atoms with van der Waals surface area (Å²) < 4.78 is 42.0. The fourth-order valence-corrected chi connectivity index (χ4v) is 9.47. The second-order valence-electron chi connectivity index (χ2n) is 15.6. The summed E-state index contributed by atoms with van der Waals surface area (Å²) in [5.74, 6) is -0.320. The van der Waals surface area contributed by atoms with Crippen molar-refractivity contribution in [1.82, 2.24) is 0 Å². The van der Waals surface area contributed by atoms with Crippen molar-refractivity contribution in [2.45, 2.75) is 140 Å². The molecule has 0 aromatic heterocycles. The van der Waals surface area contributed by atoms with E-state index in [2.05, 4.69) is 20.8 Å². The van der Waals surface area contributed by atoms with Gasteiger partial charge in [0.2, 0.25) is 0 Å². The summed E-state index contributed by atoms with van der Waals surface area (Å²) in [7, 11) is 0. The van der Waals surface area contributed by atoms with Gasteiger partial charge < -0.3 is 20.9 Å². The van der Waals surface area contributed by atoms with Crippen LogP contribution in [0.3, 0.4) is 0 Å². The summed E-state index contributed by atoms with van der Waals surface area (Å²) in [4.78, 5) is 25.5. The zero-order chi connectivity index (χ0) is 33.5. The minimum absolute atomic E-state index is 0.0588. The Morgan fingerprint density at radius 2 is 1.26 bits per heavy atom. The standard InChI is InChI=1S/C39H52F2N2O4/c1-23-11-8-10-16-39(3)31-19-26(21-33(41)29(31)22-27(23)37(39)43)47-35(45)14-7-6-13-34(44)46-25-18-30-28(32(40)20-25)17-24-12-5-4-9-15-38(30,2)36(24)42/h18-21,23-24,27,36-37H,4-17,22,42-43H2,1-3H3/t23-,24+,27-,36+,37+,38-,39-/m1/s1. The van der Waals surface area contributed by atoms with Gasteiger partial charge in [-0.1, -0.05) is 59.3 Å². The largest absolute Gasteiger partial charge is 0.426 e. The molecule has 0 heterocycles. The maximum atomic E-state index is 15.5. The molecule has 0 unspecified atom stereocenters. The number of unbranched alkanes of at least 4 members (excludes halogenated alkanes) is 1. The van der Waals surface area contributed by atoms with Crippen molar-refractivity contribution in [2.75, 3.05) is 0 Å². The van der Waals surface area contributed by atoms with Gasteiger partial charge in [-0.2, -0.15) is 0 Å². The van der Waals surface area contributed by atoms with Crippen LogP contribution >= 0.6 is 0 Å². The van der Waals surface area contributed by atoms with E-state index in [9.17, 15) is 9.59 Å². The molecule has 2 aromatic rings. The van der Waals surface area contributed by atoms with Gasteiger partial charge in [0.1, 0.15) is 23.1 Å². The van der Waals surface area contributed by atoms with Gasteiger partial charge in [-0.25, -0.2) is 8.78 Å². The highest BCUT2D eigenvalue weighted by atomic mass is 19.1. The molecule has 7 atom stereocenters. The van der Waals surface area contributed by atoms with Crippen LogP contribution in [0.4, 0.5) is 8.78 Å². The molecule has 0 radical (unpaired) electrons. The third-order valence-corrected chi connectivity index (χ3v) is 12.5. The Morgan fingerprint density at radius 3 is 1.85 bits per heavy atom. The number of carbonyl (C=O) groups is 2. The van der Waals surface area contributed by atoms with E-state index in [1.54, 1.807) is 0 Å². The van der Waals surface area contributed by atoms with E-state index in [0.29, 0.717) is 42.7 Å². The predicted molar refractivity (Wildman–Crippen MR) is 178 cm³/mol. The monoisotopic (exact) mass is 650 g/mol. The van der Waals surface area contributed by atoms with E-state index < -0.39 is 11.9 Å². The lowest BCUT2D eigenvalue weighted by Crippen LogP contribution is -2.54. The number of fused-ring (bicyclic) bond motifs is 8. The third kappa shape index (κ3) is 6.61.